The highest BCUT2D eigenvalue weighted by molar-refractivity contribution is 7.99. The van der Waals surface area contributed by atoms with Gasteiger partial charge in [0.25, 0.3) is 0 Å². The van der Waals surface area contributed by atoms with Gasteiger partial charge in [0.15, 0.2) is 11.0 Å². The van der Waals surface area contributed by atoms with Crippen molar-refractivity contribution in [1.82, 2.24) is 14.8 Å². The third kappa shape index (κ3) is 5.35. The van der Waals surface area contributed by atoms with Crippen molar-refractivity contribution in [3.05, 3.63) is 50.6 Å². The first-order chi connectivity index (χ1) is 16.0. The Hall–Kier alpha value is -2.54. The molecule has 33 heavy (non-hydrogen) atoms. The van der Waals surface area contributed by atoms with Crippen molar-refractivity contribution in [3.63, 3.8) is 0 Å². The molecule has 1 aliphatic carbocycles. The number of fused-ring (bicyclic) bond motifs is 1. The third-order valence-corrected chi connectivity index (χ3v) is 7.91. The Morgan fingerprint density at radius 3 is 2.97 bits per heavy atom. The summed E-state index contributed by atoms with van der Waals surface area (Å²) in [7, 11) is 0. The van der Waals surface area contributed by atoms with E-state index in [9.17, 15) is 10.1 Å². The second-order valence-electron chi connectivity index (χ2n) is 7.73. The van der Waals surface area contributed by atoms with Crippen molar-refractivity contribution in [2.24, 2.45) is 0 Å². The first kappa shape index (κ1) is 23.6. The molecule has 172 valence electrons. The number of aryl methyl sites for hydroxylation is 2. The Balaban J connectivity index is 1.38. The van der Waals surface area contributed by atoms with Crippen LogP contribution in [0.2, 0.25) is 5.02 Å². The number of aromatic nitrogens is 3. The summed E-state index contributed by atoms with van der Waals surface area (Å²) in [5.41, 5.74) is 2.79. The van der Waals surface area contributed by atoms with Gasteiger partial charge in [0.1, 0.15) is 23.4 Å². The molecule has 0 bridgehead atoms. The molecular weight excluding hydrogens is 478 g/mol. The number of hydrogen-bond donors (Lipinski definition) is 1. The highest BCUT2D eigenvalue weighted by Gasteiger charge is 2.22. The molecule has 4 rings (SSSR count). The number of halogens is 1. The molecule has 1 aromatic carbocycles. The topological polar surface area (TPSA) is 92.8 Å². The van der Waals surface area contributed by atoms with Gasteiger partial charge >= 0.3 is 0 Å². The number of hydrogen-bond acceptors (Lipinski definition) is 7. The lowest BCUT2D eigenvalue weighted by molar-refractivity contribution is -0.113. The van der Waals surface area contributed by atoms with E-state index in [0.29, 0.717) is 38.9 Å². The molecule has 0 unspecified atom stereocenters. The molecule has 7 nitrogen and oxygen atoms in total. The Labute approximate surface area is 206 Å². The Morgan fingerprint density at radius 1 is 1.36 bits per heavy atom. The maximum Gasteiger partial charge on any atom is 0.235 e. The minimum Gasteiger partial charge on any atom is -0.484 e. The zero-order valence-electron chi connectivity index (χ0n) is 18.5. The second-order valence-corrected chi connectivity index (χ2v) is 10.2. The highest BCUT2D eigenvalue weighted by Crippen LogP contribution is 2.37. The quantitative estimate of drug-likeness (QED) is 0.416. The number of carbonyl (C=O) groups excluding carboxylic acids is 1. The smallest absolute Gasteiger partial charge is 0.235 e. The van der Waals surface area contributed by atoms with Crippen LogP contribution in [0.15, 0.2) is 23.4 Å². The van der Waals surface area contributed by atoms with E-state index in [1.165, 1.54) is 28.0 Å². The molecule has 0 spiro atoms. The van der Waals surface area contributed by atoms with Crippen molar-refractivity contribution >= 4 is 45.6 Å². The van der Waals surface area contributed by atoms with Crippen molar-refractivity contribution in [1.29, 1.82) is 5.26 Å². The van der Waals surface area contributed by atoms with E-state index in [0.717, 1.165) is 36.8 Å². The average molecular weight is 502 g/mol. The first-order valence-corrected chi connectivity index (χ1v) is 13.0. The Morgan fingerprint density at radius 2 is 2.18 bits per heavy atom. The van der Waals surface area contributed by atoms with Crippen molar-refractivity contribution in [2.45, 2.75) is 57.8 Å². The van der Waals surface area contributed by atoms with Crippen LogP contribution in [-0.4, -0.2) is 26.4 Å². The first-order valence-electron chi connectivity index (χ1n) is 10.8. The van der Waals surface area contributed by atoms with Gasteiger partial charge in [0, 0.05) is 11.4 Å². The van der Waals surface area contributed by atoms with E-state index in [2.05, 4.69) is 21.6 Å². The molecule has 1 amide bonds. The summed E-state index contributed by atoms with van der Waals surface area (Å²) < 4.78 is 7.78. The second kappa shape index (κ2) is 10.6. The Kier molecular flexibility index (Phi) is 7.58. The van der Waals surface area contributed by atoms with Crippen molar-refractivity contribution in [3.8, 4) is 11.8 Å². The minimum atomic E-state index is -0.162. The van der Waals surface area contributed by atoms with Gasteiger partial charge in [-0.1, -0.05) is 29.4 Å². The van der Waals surface area contributed by atoms with Crippen LogP contribution in [0.5, 0.6) is 5.75 Å². The maximum absolute atomic E-state index is 12.6. The lowest BCUT2D eigenvalue weighted by Crippen LogP contribution is -2.15. The SMILES string of the molecule is CCn1c(COc2cc(C)ccc2Cl)nnc1SCC(=O)Nc1sc2c(c1C#N)CCCC2. The van der Waals surface area contributed by atoms with Crippen LogP contribution in [0.3, 0.4) is 0 Å². The van der Waals surface area contributed by atoms with Crippen LogP contribution >= 0.6 is 34.7 Å². The number of benzene rings is 1. The molecule has 2 heterocycles. The molecule has 0 atom stereocenters. The zero-order valence-corrected chi connectivity index (χ0v) is 20.9. The molecule has 0 aliphatic heterocycles. The molecule has 3 aromatic rings. The van der Waals surface area contributed by atoms with Crippen molar-refractivity contribution in [2.75, 3.05) is 11.1 Å². The standard InChI is InChI=1S/C23H24ClN5O2S2/c1-3-29-20(12-31-18-10-14(2)8-9-17(18)24)27-28-23(29)32-13-21(30)26-22-16(11-25)15-6-4-5-7-19(15)33-22/h8-10H,3-7,12-13H2,1-2H3,(H,26,30). The number of ether oxygens (including phenoxy) is 1. The van der Waals surface area contributed by atoms with Crippen LogP contribution in [0.4, 0.5) is 5.00 Å². The van der Waals surface area contributed by atoms with Crippen LogP contribution in [0.1, 0.15) is 47.2 Å². The summed E-state index contributed by atoms with van der Waals surface area (Å²) in [6.07, 6.45) is 4.13. The van der Waals surface area contributed by atoms with Gasteiger partial charge < -0.3 is 14.6 Å². The van der Waals surface area contributed by atoms with E-state index in [4.69, 9.17) is 16.3 Å². The highest BCUT2D eigenvalue weighted by atomic mass is 35.5. The largest absolute Gasteiger partial charge is 0.484 e. The van der Waals surface area contributed by atoms with E-state index in [-0.39, 0.29) is 18.3 Å². The van der Waals surface area contributed by atoms with Crippen LogP contribution in [-0.2, 0) is 30.8 Å². The zero-order chi connectivity index (χ0) is 23.4. The predicted molar refractivity (Wildman–Crippen MR) is 131 cm³/mol. The molecule has 10 heteroatoms. The molecule has 0 saturated carbocycles. The average Bonchev–Trinajstić information content (AvgIpc) is 3.37. The number of nitrogens with one attached hydrogen (secondary N) is 1. The summed E-state index contributed by atoms with van der Waals surface area (Å²) in [6.45, 7) is 4.84. The summed E-state index contributed by atoms with van der Waals surface area (Å²) in [5.74, 6) is 1.28. The molecule has 1 N–H and O–H groups in total. The van der Waals surface area contributed by atoms with Gasteiger partial charge in [-0.05, 0) is 62.8 Å². The molecular formula is C23H24ClN5O2S2. The number of carbonyl (C=O) groups is 1. The van der Waals surface area contributed by atoms with Crippen LogP contribution in [0, 0.1) is 18.3 Å². The fourth-order valence-electron chi connectivity index (χ4n) is 3.78. The maximum atomic E-state index is 12.6. The molecule has 0 saturated heterocycles. The molecule has 0 radical (unpaired) electrons. The minimum absolute atomic E-state index is 0.162. The monoisotopic (exact) mass is 501 g/mol. The van der Waals surface area contributed by atoms with E-state index < -0.39 is 0 Å². The van der Waals surface area contributed by atoms with Crippen molar-refractivity contribution < 1.29 is 9.53 Å². The van der Waals surface area contributed by atoms with E-state index >= 15 is 0 Å². The summed E-state index contributed by atoms with van der Waals surface area (Å²) in [5, 5.41) is 22.8. The van der Waals surface area contributed by atoms with Gasteiger partial charge in [-0.2, -0.15) is 5.26 Å². The van der Waals surface area contributed by atoms with Crippen LogP contribution in [0.25, 0.3) is 0 Å². The number of thiophene rings is 1. The van der Waals surface area contributed by atoms with Gasteiger partial charge in [0.2, 0.25) is 5.91 Å². The molecule has 2 aromatic heterocycles. The fraction of sp³-hybridized carbons (Fsp3) is 0.391. The fourth-order valence-corrected chi connectivity index (χ4v) is 6.03. The number of nitriles is 1. The number of rotatable bonds is 8. The third-order valence-electron chi connectivity index (χ3n) is 5.42. The summed E-state index contributed by atoms with van der Waals surface area (Å²) >= 11 is 9.06. The lowest BCUT2D eigenvalue weighted by Gasteiger charge is -2.10. The number of anilines is 1. The van der Waals surface area contributed by atoms with Gasteiger partial charge in [0.05, 0.1) is 16.3 Å². The van der Waals surface area contributed by atoms with Gasteiger partial charge in [-0.25, -0.2) is 0 Å². The van der Waals surface area contributed by atoms with E-state index in [1.54, 1.807) is 6.07 Å². The summed E-state index contributed by atoms with van der Waals surface area (Å²) in [6, 6.07) is 7.89. The number of thioether (sulfide) groups is 1. The van der Waals surface area contributed by atoms with Gasteiger partial charge in [-0.15, -0.1) is 21.5 Å². The molecule has 1 aliphatic rings. The van der Waals surface area contributed by atoms with E-state index in [1.807, 2.05) is 30.5 Å². The normalized spacial score (nSPS) is 12.8. The molecule has 0 fully saturated rings. The lowest BCUT2D eigenvalue weighted by atomic mass is 9.96. The Bertz CT molecular complexity index is 1210. The number of amides is 1. The summed E-state index contributed by atoms with van der Waals surface area (Å²) in [4.78, 5) is 13.8. The van der Waals surface area contributed by atoms with Gasteiger partial charge in [-0.3, -0.25) is 4.79 Å². The predicted octanol–water partition coefficient (Wildman–Crippen LogP) is 5.38. The van der Waals surface area contributed by atoms with Crippen LogP contribution < -0.4 is 10.1 Å². The number of nitrogens with zero attached hydrogens (tertiary/aromatic N) is 4.